The minimum atomic E-state index is -0.262. The average molecular weight is 311 g/mol. The predicted molar refractivity (Wildman–Crippen MR) is 83.6 cm³/mol. The molecular weight excluding hydrogens is 290 g/mol. The number of aromatic nitrogens is 1. The molecule has 0 atom stereocenters. The van der Waals surface area contributed by atoms with Crippen molar-refractivity contribution in [2.75, 3.05) is 44.4 Å². The second-order valence-electron chi connectivity index (χ2n) is 5.20. The number of hydrogen-bond acceptors (Lipinski definition) is 6. The van der Waals surface area contributed by atoms with Crippen molar-refractivity contribution < 1.29 is 9.59 Å². The van der Waals surface area contributed by atoms with E-state index in [2.05, 4.69) is 15.2 Å². The SMILES string of the molecule is CN(C)C(=O)CCNC(=O)c1sc(N2CCCC2)nc1N. The van der Waals surface area contributed by atoms with Crippen LogP contribution in [0.2, 0.25) is 0 Å². The molecule has 0 aliphatic carbocycles. The van der Waals surface area contributed by atoms with E-state index in [0.29, 0.717) is 11.4 Å². The van der Waals surface area contributed by atoms with Gasteiger partial charge in [0.1, 0.15) is 10.7 Å². The largest absolute Gasteiger partial charge is 0.382 e. The highest BCUT2D eigenvalue weighted by molar-refractivity contribution is 7.18. The highest BCUT2D eigenvalue weighted by Crippen LogP contribution is 2.30. The van der Waals surface area contributed by atoms with Gasteiger partial charge >= 0.3 is 0 Å². The van der Waals surface area contributed by atoms with Crippen LogP contribution in [0.5, 0.6) is 0 Å². The maximum absolute atomic E-state index is 12.1. The zero-order chi connectivity index (χ0) is 15.4. The molecule has 3 N–H and O–H groups in total. The summed E-state index contributed by atoms with van der Waals surface area (Å²) < 4.78 is 0. The molecular formula is C13H21N5O2S. The lowest BCUT2D eigenvalue weighted by Crippen LogP contribution is -2.30. The van der Waals surface area contributed by atoms with Crippen LogP contribution in [0.1, 0.15) is 28.9 Å². The normalized spacial score (nSPS) is 14.3. The summed E-state index contributed by atoms with van der Waals surface area (Å²) in [7, 11) is 3.38. The Balaban J connectivity index is 1.91. The molecule has 1 saturated heterocycles. The number of thiazole rings is 1. The Morgan fingerprint density at radius 3 is 2.67 bits per heavy atom. The first-order valence-corrected chi connectivity index (χ1v) is 7.80. The van der Waals surface area contributed by atoms with Crippen molar-refractivity contribution in [3.05, 3.63) is 4.88 Å². The third-order valence-corrected chi connectivity index (χ3v) is 4.48. The molecule has 0 radical (unpaired) electrons. The van der Waals surface area contributed by atoms with E-state index in [1.54, 1.807) is 14.1 Å². The second-order valence-corrected chi connectivity index (χ2v) is 6.18. The van der Waals surface area contributed by atoms with Gasteiger partial charge in [0.05, 0.1) is 0 Å². The fourth-order valence-corrected chi connectivity index (χ4v) is 3.07. The quantitative estimate of drug-likeness (QED) is 0.828. The Kier molecular flexibility index (Phi) is 5.00. The van der Waals surface area contributed by atoms with E-state index in [4.69, 9.17) is 5.73 Å². The molecule has 2 amide bonds. The van der Waals surface area contributed by atoms with Gasteiger partial charge in [-0.15, -0.1) is 0 Å². The number of rotatable bonds is 5. The number of carbonyl (C=O) groups is 2. The highest BCUT2D eigenvalue weighted by atomic mass is 32.1. The molecule has 1 fully saturated rings. The number of anilines is 2. The minimum Gasteiger partial charge on any atom is -0.382 e. The van der Waals surface area contributed by atoms with Crippen molar-refractivity contribution in [3.8, 4) is 0 Å². The smallest absolute Gasteiger partial charge is 0.265 e. The molecule has 1 aliphatic heterocycles. The van der Waals surface area contributed by atoms with Gasteiger partial charge in [0.25, 0.3) is 5.91 Å². The predicted octanol–water partition coefficient (Wildman–Crippen LogP) is 0.534. The van der Waals surface area contributed by atoms with Gasteiger partial charge in [-0.2, -0.15) is 0 Å². The van der Waals surface area contributed by atoms with Gasteiger partial charge in [0.2, 0.25) is 5.91 Å². The lowest BCUT2D eigenvalue weighted by Gasteiger charge is -2.12. The number of nitrogens with two attached hydrogens (primary N) is 1. The van der Waals surface area contributed by atoms with Gasteiger partial charge in [-0.25, -0.2) is 4.98 Å². The van der Waals surface area contributed by atoms with Crippen LogP contribution in [-0.2, 0) is 4.79 Å². The maximum atomic E-state index is 12.1. The van der Waals surface area contributed by atoms with E-state index in [1.807, 2.05) is 0 Å². The van der Waals surface area contributed by atoms with Gasteiger partial charge < -0.3 is 20.9 Å². The maximum Gasteiger partial charge on any atom is 0.265 e. The molecule has 8 heteroatoms. The molecule has 116 valence electrons. The molecule has 0 aromatic carbocycles. The van der Waals surface area contributed by atoms with Crippen molar-refractivity contribution in [2.24, 2.45) is 0 Å². The van der Waals surface area contributed by atoms with E-state index >= 15 is 0 Å². The Labute approximate surface area is 128 Å². The van der Waals surface area contributed by atoms with Crippen LogP contribution < -0.4 is 16.0 Å². The fourth-order valence-electron chi connectivity index (χ4n) is 2.11. The molecule has 1 aromatic rings. The molecule has 0 bridgehead atoms. The summed E-state index contributed by atoms with van der Waals surface area (Å²) in [4.78, 5) is 31.9. The number of nitrogens with one attached hydrogen (secondary N) is 1. The minimum absolute atomic E-state index is 0.0228. The standard InChI is InChI=1S/C13H21N5O2S/c1-17(2)9(19)5-6-15-12(20)10-11(14)16-13(21-10)18-7-3-4-8-18/h3-8,14H2,1-2H3,(H,15,20). The second kappa shape index (κ2) is 6.75. The van der Waals surface area contributed by atoms with Crippen LogP contribution in [0.3, 0.4) is 0 Å². The van der Waals surface area contributed by atoms with Crippen LogP contribution in [-0.4, -0.2) is 55.4 Å². The van der Waals surface area contributed by atoms with Crippen molar-refractivity contribution in [1.29, 1.82) is 0 Å². The summed E-state index contributed by atoms with van der Waals surface area (Å²) in [5.74, 6) is -0.0225. The number of nitrogen functional groups attached to an aromatic ring is 1. The van der Waals surface area contributed by atoms with E-state index in [1.165, 1.54) is 16.2 Å². The summed E-state index contributed by atoms with van der Waals surface area (Å²) in [6.07, 6.45) is 2.57. The van der Waals surface area contributed by atoms with E-state index < -0.39 is 0 Å². The first-order chi connectivity index (χ1) is 9.99. The van der Waals surface area contributed by atoms with Crippen LogP contribution in [0.25, 0.3) is 0 Å². The summed E-state index contributed by atoms with van der Waals surface area (Å²) >= 11 is 1.31. The molecule has 1 aromatic heterocycles. The molecule has 0 spiro atoms. The number of carbonyl (C=O) groups excluding carboxylic acids is 2. The molecule has 2 rings (SSSR count). The van der Waals surface area contributed by atoms with Gasteiger partial charge in [-0.1, -0.05) is 11.3 Å². The van der Waals surface area contributed by atoms with Crippen molar-refractivity contribution in [3.63, 3.8) is 0 Å². The molecule has 21 heavy (non-hydrogen) atoms. The Morgan fingerprint density at radius 2 is 2.05 bits per heavy atom. The summed E-state index contributed by atoms with van der Waals surface area (Å²) in [6.45, 7) is 2.23. The van der Waals surface area contributed by atoms with Crippen LogP contribution in [0.4, 0.5) is 10.9 Å². The van der Waals surface area contributed by atoms with E-state index in [0.717, 1.165) is 31.1 Å². The molecule has 2 heterocycles. The number of nitrogens with zero attached hydrogens (tertiary/aromatic N) is 3. The summed E-state index contributed by atoms with van der Waals surface area (Å²) in [5.41, 5.74) is 5.83. The van der Waals surface area contributed by atoms with Gasteiger partial charge in [0.15, 0.2) is 5.13 Å². The zero-order valence-corrected chi connectivity index (χ0v) is 13.2. The van der Waals surface area contributed by atoms with Crippen LogP contribution in [0, 0.1) is 0 Å². The van der Waals surface area contributed by atoms with Crippen molar-refractivity contribution in [2.45, 2.75) is 19.3 Å². The third-order valence-electron chi connectivity index (χ3n) is 3.35. The molecule has 1 aliphatic rings. The lowest BCUT2D eigenvalue weighted by atomic mass is 10.3. The monoisotopic (exact) mass is 311 g/mol. The fraction of sp³-hybridized carbons (Fsp3) is 0.615. The van der Waals surface area contributed by atoms with E-state index in [-0.39, 0.29) is 24.1 Å². The first kappa shape index (κ1) is 15.6. The topological polar surface area (TPSA) is 91.6 Å². The van der Waals surface area contributed by atoms with Crippen LogP contribution >= 0.6 is 11.3 Å². The Bertz CT molecular complexity index is 523. The zero-order valence-electron chi connectivity index (χ0n) is 12.4. The summed E-state index contributed by atoms with van der Waals surface area (Å²) in [5, 5.41) is 3.52. The molecule has 7 nitrogen and oxygen atoms in total. The Morgan fingerprint density at radius 1 is 1.38 bits per heavy atom. The molecule has 0 saturated carbocycles. The first-order valence-electron chi connectivity index (χ1n) is 6.98. The van der Waals surface area contributed by atoms with Gasteiger partial charge in [0, 0.05) is 40.2 Å². The van der Waals surface area contributed by atoms with Gasteiger partial charge in [-0.05, 0) is 12.8 Å². The summed E-state index contributed by atoms with van der Waals surface area (Å²) in [6, 6.07) is 0. The average Bonchev–Trinajstić information content (AvgIpc) is 3.07. The van der Waals surface area contributed by atoms with Crippen molar-refractivity contribution >= 4 is 34.1 Å². The number of hydrogen-bond donors (Lipinski definition) is 2. The Hall–Kier alpha value is -1.83. The number of amides is 2. The van der Waals surface area contributed by atoms with E-state index in [9.17, 15) is 9.59 Å². The van der Waals surface area contributed by atoms with Crippen molar-refractivity contribution in [1.82, 2.24) is 15.2 Å². The van der Waals surface area contributed by atoms with Gasteiger partial charge in [-0.3, -0.25) is 9.59 Å². The highest BCUT2D eigenvalue weighted by Gasteiger charge is 2.21. The lowest BCUT2D eigenvalue weighted by molar-refractivity contribution is -0.128. The van der Waals surface area contributed by atoms with Crippen LogP contribution in [0.15, 0.2) is 0 Å². The molecule has 0 unspecified atom stereocenters. The third kappa shape index (κ3) is 3.84.